The summed E-state index contributed by atoms with van der Waals surface area (Å²) in [6, 6.07) is 10.6. The molecule has 2 unspecified atom stereocenters. The highest BCUT2D eigenvalue weighted by Crippen LogP contribution is 2.16. The van der Waals surface area contributed by atoms with E-state index in [0.29, 0.717) is 12.6 Å². The molecule has 3 heteroatoms. The third kappa shape index (κ3) is 4.60. The van der Waals surface area contributed by atoms with Gasteiger partial charge in [0.1, 0.15) is 0 Å². The van der Waals surface area contributed by atoms with Crippen molar-refractivity contribution in [3.63, 3.8) is 0 Å². The predicted molar refractivity (Wildman–Crippen MR) is 79.2 cm³/mol. The zero-order valence-electron chi connectivity index (χ0n) is 11.9. The SMILES string of the molecule is CC(CN)(CCc1ccccc1)NCC1CCCO1. The minimum atomic E-state index is 0.00178. The average molecular weight is 262 g/mol. The Kier molecular flexibility index (Phi) is 5.37. The van der Waals surface area contributed by atoms with Crippen molar-refractivity contribution in [1.82, 2.24) is 5.32 Å². The molecule has 1 heterocycles. The highest BCUT2D eigenvalue weighted by Gasteiger charge is 2.24. The first-order valence-electron chi connectivity index (χ1n) is 7.32. The molecule has 0 radical (unpaired) electrons. The van der Waals surface area contributed by atoms with Gasteiger partial charge < -0.3 is 15.8 Å². The summed E-state index contributed by atoms with van der Waals surface area (Å²) >= 11 is 0. The van der Waals surface area contributed by atoms with Crippen LogP contribution in [0.25, 0.3) is 0 Å². The zero-order chi connectivity index (χ0) is 13.6. The first kappa shape index (κ1) is 14.5. The van der Waals surface area contributed by atoms with Gasteiger partial charge in [-0.25, -0.2) is 0 Å². The van der Waals surface area contributed by atoms with Crippen molar-refractivity contribution < 1.29 is 4.74 Å². The quantitative estimate of drug-likeness (QED) is 0.791. The molecule has 106 valence electrons. The number of nitrogens with two attached hydrogens (primary N) is 1. The normalized spacial score (nSPS) is 22.3. The van der Waals surface area contributed by atoms with Gasteiger partial charge in [0, 0.05) is 25.2 Å². The van der Waals surface area contributed by atoms with E-state index in [1.54, 1.807) is 0 Å². The molecule has 1 aliphatic heterocycles. The lowest BCUT2D eigenvalue weighted by Gasteiger charge is -2.31. The molecule has 2 rings (SSSR count). The lowest BCUT2D eigenvalue weighted by atomic mass is 9.93. The zero-order valence-corrected chi connectivity index (χ0v) is 11.9. The van der Waals surface area contributed by atoms with Gasteiger partial charge in [-0.2, -0.15) is 0 Å². The fourth-order valence-electron chi connectivity index (χ4n) is 2.49. The summed E-state index contributed by atoms with van der Waals surface area (Å²) in [5.74, 6) is 0. The Labute approximate surface area is 116 Å². The highest BCUT2D eigenvalue weighted by molar-refractivity contribution is 5.15. The van der Waals surface area contributed by atoms with E-state index in [0.717, 1.165) is 26.0 Å². The maximum absolute atomic E-state index is 5.95. The molecule has 0 aliphatic carbocycles. The van der Waals surface area contributed by atoms with Crippen molar-refractivity contribution in [2.24, 2.45) is 5.73 Å². The Morgan fingerprint density at radius 3 is 2.79 bits per heavy atom. The van der Waals surface area contributed by atoms with Crippen LogP contribution in [0.4, 0.5) is 0 Å². The largest absolute Gasteiger partial charge is 0.377 e. The third-order valence-electron chi connectivity index (χ3n) is 4.04. The highest BCUT2D eigenvalue weighted by atomic mass is 16.5. The summed E-state index contributed by atoms with van der Waals surface area (Å²) < 4.78 is 5.65. The monoisotopic (exact) mass is 262 g/mol. The van der Waals surface area contributed by atoms with Gasteiger partial charge in [0.15, 0.2) is 0 Å². The standard InChI is InChI=1S/C16H26N2O/c1-16(13-17,18-12-15-8-5-11-19-15)10-9-14-6-3-2-4-7-14/h2-4,6-7,15,18H,5,8-13,17H2,1H3. The van der Waals surface area contributed by atoms with Crippen molar-refractivity contribution in [3.8, 4) is 0 Å². The summed E-state index contributed by atoms with van der Waals surface area (Å²) in [6.07, 6.45) is 4.86. The second-order valence-electron chi connectivity index (χ2n) is 5.77. The van der Waals surface area contributed by atoms with Crippen molar-refractivity contribution >= 4 is 0 Å². The summed E-state index contributed by atoms with van der Waals surface area (Å²) in [6.45, 7) is 4.70. The van der Waals surface area contributed by atoms with Gasteiger partial charge in [0.25, 0.3) is 0 Å². The fraction of sp³-hybridized carbons (Fsp3) is 0.625. The first-order chi connectivity index (χ1) is 9.22. The molecule has 0 aromatic heterocycles. The molecule has 0 spiro atoms. The topological polar surface area (TPSA) is 47.3 Å². The van der Waals surface area contributed by atoms with Gasteiger partial charge in [0.2, 0.25) is 0 Å². The van der Waals surface area contributed by atoms with Crippen LogP contribution in [0, 0.1) is 0 Å². The van der Waals surface area contributed by atoms with E-state index in [4.69, 9.17) is 10.5 Å². The van der Waals surface area contributed by atoms with E-state index in [1.165, 1.54) is 18.4 Å². The summed E-state index contributed by atoms with van der Waals surface area (Å²) in [5.41, 5.74) is 7.33. The summed E-state index contributed by atoms with van der Waals surface area (Å²) in [7, 11) is 0. The van der Waals surface area contributed by atoms with Gasteiger partial charge in [-0.15, -0.1) is 0 Å². The number of aryl methyl sites for hydroxylation is 1. The van der Waals surface area contributed by atoms with E-state index in [9.17, 15) is 0 Å². The van der Waals surface area contributed by atoms with Crippen LogP contribution >= 0.6 is 0 Å². The van der Waals surface area contributed by atoms with Crippen LogP contribution < -0.4 is 11.1 Å². The number of benzene rings is 1. The smallest absolute Gasteiger partial charge is 0.0700 e. The predicted octanol–water partition coefficient (Wildman–Crippen LogP) is 2.11. The van der Waals surface area contributed by atoms with E-state index < -0.39 is 0 Å². The summed E-state index contributed by atoms with van der Waals surface area (Å²) in [5, 5.41) is 3.61. The van der Waals surface area contributed by atoms with Crippen LogP contribution in [-0.4, -0.2) is 31.3 Å². The molecular formula is C16H26N2O. The molecule has 3 N–H and O–H groups in total. The lowest BCUT2D eigenvalue weighted by Crippen LogP contribution is -2.51. The van der Waals surface area contributed by atoms with Gasteiger partial charge in [-0.1, -0.05) is 30.3 Å². The molecule has 2 atom stereocenters. The molecule has 1 aromatic rings. The van der Waals surface area contributed by atoms with Crippen molar-refractivity contribution in [3.05, 3.63) is 35.9 Å². The maximum Gasteiger partial charge on any atom is 0.0700 e. The number of hydrogen-bond acceptors (Lipinski definition) is 3. The fourth-order valence-corrected chi connectivity index (χ4v) is 2.49. The second-order valence-corrected chi connectivity index (χ2v) is 5.77. The van der Waals surface area contributed by atoms with Gasteiger partial charge in [-0.3, -0.25) is 0 Å². The molecule has 1 saturated heterocycles. The van der Waals surface area contributed by atoms with Crippen LogP contribution in [0.15, 0.2) is 30.3 Å². The molecule has 1 aromatic carbocycles. The molecule has 0 bridgehead atoms. The van der Waals surface area contributed by atoms with Crippen molar-refractivity contribution in [2.75, 3.05) is 19.7 Å². The molecular weight excluding hydrogens is 236 g/mol. The van der Waals surface area contributed by atoms with E-state index in [-0.39, 0.29) is 5.54 Å². The molecule has 3 nitrogen and oxygen atoms in total. The Morgan fingerprint density at radius 1 is 1.37 bits per heavy atom. The Balaban J connectivity index is 1.79. The van der Waals surface area contributed by atoms with Gasteiger partial charge in [-0.05, 0) is 38.2 Å². The minimum absolute atomic E-state index is 0.00178. The van der Waals surface area contributed by atoms with Gasteiger partial charge in [0.05, 0.1) is 6.10 Å². The number of ether oxygens (including phenoxy) is 1. The number of hydrogen-bond donors (Lipinski definition) is 2. The molecule has 0 saturated carbocycles. The molecule has 1 fully saturated rings. The number of nitrogens with one attached hydrogen (secondary N) is 1. The van der Waals surface area contributed by atoms with Crippen LogP contribution in [0.1, 0.15) is 31.7 Å². The first-order valence-corrected chi connectivity index (χ1v) is 7.32. The lowest BCUT2D eigenvalue weighted by molar-refractivity contribution is 0.101. The Bertz CT molecular complexity index is 362. The third-order valence-corrected chi connectivity index (χ3v) is 4.04. The second kappa shape index (κ2) is 7.04. The van der Waals surface area contributed by atoms with Crippen LogP contribution in [0.3, 0.4) is 0 Å². The number of rotatable bonds is 7. The molecule has 19 heavy (non-hydrogen) atoms. The van der Waals surface area contributed by atoms with Crippen molar-refractivity contribution in [1.29, 1.82) is 0 Å². The maximum atomic E-state index is 5.95. The average Bonchev–Trinajstić information content (AvgIpc) is 2.98. The van der Waals surface area contributed by atoms with E-state index in [1.807, 2.05) is 0 Å². The Hall–Kier alpha value is -0.900. The van der Waals surface area contributed by atoms with Crippen LogP contribution in [0.2, 0.25) is 0 Å². The van der Waals surface area contributed by atoms with Gasteiger partial charge >= 0.3 is 0 Å². The molecule has 0 amide bonds. The van der Waals surface area contributed by atoms with Crippen LogP contribution in [0.5, 0.6) is 0 Å². The van der Waals surface area contributed by atoms with Crippen LogP contribution in [-0.2, 0) is 11.2 Å². The van der Waals surface area contributed by atoms with E-state index >= 15 is 0 Å². The van der Waals surface area contributed by atoms with Crippen molar-refractivity contribution in [2.45, 2.75) is 44.2 Å². The minimum Gasteiger partial charge on any atom is -0.377 e. The summed E-state index contributed by atoms with van der Waals surface area (Å²) in [4.78, 5) is 0. The molecule has 1 aliphatic rings. The van der Waals surface area contributed by atoms with E-state index in [2.05, 4.69) is 42.6 Å². The Morgan fingerprint density at radius 2 is 2.16 bits per heavy atom.